The zero-order valence-corrected chi connectivity index (χ0v) is 13.8. The molecule has 7 heteroatoms. The van der Waals surface area contributed by atoms with Crippen molar-refractivity contribution in [1.82, 2.24) is 14.9 Å². The molecule has 1 fully saturated rings. The zero-order chi connectivity index (χ0) is 17.6. The first-order valence-corrected chi connectivity index (χ1v) is 8.24. The van der Waals surface area contributed by atoms with E-state index in [4.69, 9.17) is 4.74 Å². The molecule has 3 rings (SSSR count). The Morgan fingerprint density at radius 1 is 1.40 bits per heavy atom. The maximum absolute atomic E-state index is 13.3. The van der Waals surface area contributed by atoms with E-state index in [0.717, 1.165) is 0 Å². The van der Waals surface area contributed by atoms with Gasteiger partial charge in [0.1, 0.15) is 5.82 Å². The van der Waals surface area contributed by atoms with Crippen LogP contribution in [-0.4, -0.2) is 47.1 Å². The quantitative estimate of drug-likeness (QED) is 0.903. The Hall–Kier alpha value is -2.54. The largest absolute Gasteiger partial charge is 0.379 e. The van der Waals surface area contributed by atoms with Crippen molar-refractivity contribution in [3.8, 4) is 0 Å². The predicted octanol–water partition coefficient (Wildman–Crippen LogP) is 1.17. The smallest absolute Gasteiger partial charge is 0.250 e. The van der Waals surface area contributed by atoms with Crippen LogP contribution in [0, 0.1) is 11.7 Å². The number of ether oxygens (including phenoxy) is 1. The third-order valence-electron chi connectivity index (χ3n) is 4.17. The number of aromatic amines is 1. The Balaban J connectivity index is 1.64. The highest BCUT2D eigenvalue weighted by molar-refractivity contribution is 5.78. The maximum Gasteiger partial charge on any atom is 0.250 e. The molecule has 1 aliphatic heterocycles. The van der Waals surface area contributed by atoms with Crippen LogP contribution in [0.25, 0.3) is 0 Å². The van der Waals surface area contributed by atoms with Crippen LogP contribution >= 0.6 is 0 Å². The lowest BCUT2D eigenvalue weighted by Gasteiger charge is -2.23. The van der Waals surface area contributed by atoms with Crippen LogP contribution in [0.15, 0.2) is 41.5 Å². The van der Waals surface area contributed by atoms with Crippen molar-refractivity contribution >= 4 is 5.91 Å². The van der Waals surface area contributed by atoms with Crippen molar-refractivity contribution in [2.45, 2.75) is 12.8 Å². The van der Waals surface area contributed by atoms with Crippen LogP contribution in [0.5, 0.6) is 0 Å². The van der Waals surface area contributed by atoms with E-state index in [2.05, 4.69) is 9.97 Å². The van der Waals surface area contributed by atoms with Gasteiger partial charge < -0.3 is 14.6 Å². The standard InChI is InChI=1S/C18H20FN3O3/c19-15-3-1-2-13(6-15)8-18(24)22-4-5-25-11-14(10-22)7-16-9-17(23)21-12-20-16/h1-3,6,9,12,14H,4-5,7-8,10-11H2,(H,20,21,23)/t14-/m0/s1. The summed E-state index contributed by atoms with van der Waals surface area (Å²) in [6.07, 6.45) is 2.10. The molecular formula is C18H20FN3O3. The number of carbonyl (C=O) groups excluding carboxylic acids is 1. The monoisotopic (exact) mass is 345 g/mol. The molecule has 1 aromatic heterocycles. The van der Waals surface area contributed by atoms with Crippen LogP contribution in [0.3, 0.4) is 0 Å². The SMILES string of the molecule is O=C(Cc1cccc(F)c1)N1CCOC[C@@H](Cc2cc(=O)[nH]cn2)C1. The maximum atomic E-state index is 13.3. The number of benzene rings is 1. The molecule has 132 valence electrons. The minimum absolute atomic E-state index is 0.0556. The third-order valence-corrected chi connectivity index (χ3v) is 4.17. The molecule has 2 heterocycles. The fraction of sp³-hybridized carbons (Fsp3) is 0.389. The van der Waals surface area contributed by atoms with Crippen molar-refractivity contribution in [1.29, 1.82) is 0 Å². The van der Waals surface area contributed by atoms with E-state index >= 15 is 0 Å². The fourth-order valence-electron chi connectivity index (χ4n) is 2.98. The molecule has 1 saturated heterocycles. The van der Waals surface area contributed by atoms with Gasteiger partial charge in [-0.05, 0) is 24.1 Å². The van der Waals surface area contributed by atoms with Gasteiger partial charge in [0.05, 0.1) is 26.0 Å². The van der Waals surface area contributed by atoms with Gasteiger partial charge >= 0.3 is 0 Å². The van der Waals surface area contributed by atoms with E-state index in [1.54, 1.807) is 17.0 Å². The number of H-pyrrole nitrogens is 1. The summed E-state index contributed by atoms with van der Waals surface area (Å²) >= 11 is 0. The number of hydrogen-bond donors (Lipinski definition) is 1. The van der Waals surface area contributed by atoms with Gasteiger partial charge in [-0.1, -0.05) is 12.1 Å². The summed E-state index contributed by atoms with van der Waals surface area (Å²) in [6.45, 7) is 2.02. The van der Waals surface area contributed by atoms with E-state index in [-0.39, 0.29) is 29.6 Å². The van der Waals surface area contributed by atoms with Gasteiger partial charge in [-0.25, -0.2) is 9.37 Å². The molecule has 6 nitrogen and oxygen atoms in total. The summed E-state index contributed by atoms with van der Waals surface area (Å²) in [5.74, 6) is -0.337. The Morgan fingerprint density at radius 3 is 3.08 bits per heavy atom. The lowest BCUT2D eigenvalue weighted by molar-refractivity contribution is -0.130. The number of hydrogen-bond acceptors (Lipinski definition) is 4. The normalized spacial score (nSPS) is 18.0. The molecule has 1 atom stereocenters. The van der Waals surface area contributed by atoms with Crippen LogP contribution in [-0.2, 0) is 22.4 Å². The van der Waals surface area contributed by atoms with Gasteiger partial charge in [0.25, 0.3) is 5.56 Å². The number of amides is 1. The highest BCUT2D eigenvalue weighted by atomic mass is 19.1. The second-order valence-electron chi connectivity index (χ2n) is 6.19. The van der Waals surface area contributed by atoms with Gasteiger partial charge in [0.15, 0.2) is 0 Å². The summed E-state index contributed by atoms with van der Waals surface area (Å²) in [4.78, 5) is 32.3. The molecule has 0 radical (unpaired) electrons. The van der Waals surface area contributed by atoms with Crippen molar-refractivity contribution < 1.29 is 13.9 Å². The molecule has 25 heavy (non-hydrogen) atoms. The second kappa shape index (κ2) is 8.02. The summed E-state index contributed by atoms with van der Waals surface area (Å²) in [6, 6.07) is 7.55. The number of halogens is 1. The lowest BCUT2D eigenvalue weighted by atomic mass is 10.0. The first kappa shape index (κ1) is 17.3. The topological polar surface area (TPSA) is 75.3 Å². The molecule has 0 saturated carbocycles. The zero-order valence-electron chi connectivity index (χ0n) is 13.8. The van der Waals surface area contributed by atoms with Crippen LogP contribution in [0.1, 0.15) is 11.3 Å². The Kier molecular flexibility index (Phi) is 5.55. The fourth-order valence-corrected chi connectivity index (χ4v) is 2.98. The number of rotatable bonds is 4. The van der Waals surface area contributed by atoms with E-state index in [1.807, 2.05) is 0 Å². The number of aromatic nitrogens is 2. The van der Waals surface area contributed by atoms with Gasteiger partial charge in [-0.2, -0.15) is 0 Å². The van der Waals surface area contributed by atoms with Crippen molar-refractivity contribution in [2.24, 2.45) is 5.92 Å². The van der Waals surface area contributed by atoms with Crippen molar-refractivity contribution in [2.75, 3.05) is 26.3 Å². The average molecular weight is 345 g/mol. The molecule has 1 amide bonds. The Morgan fingerprint density at radius 2 is 2.28 bits per heavy atom. The van der Waals surface area contributed by atoms with Gasteiger partial charge in [-0.15, -0.1) is 0 Å². The number of nitrogens with zero attached hydrogens (tertiary/aromatic N) is 2. The van der Waals surface area contributed by atoms with Crippen LogP contribution < -0.4 is 5.56 Å². The summed E-state index contributed by atoms with van der Waals surface area (Å²) in [7, 11) is 0. The Labute approximate surface area is 144 Å². The molecule has 1 N–H and O–H groups in total. The molecule has 2 aromatic rings. The molecule has 0 spiro atoms. The van der Waals surface area contributed by atoms with E-state index in [9.17, 15) is 14.0 Å². The van der Waals surface area contributed by atoms with E-state index in [1.165, 1.54) is 24.5 Å². The molecule has 1 aliphatic rings. The van der Waals surface area contributed by atoms with Crippen LogP contribution in [0.4, 0.5) is 4.39 Å². The third kappa shape index (κ3) is 4.96. The molecule has 0 aliphatic carbocycles. The van der Waals surface area contributed by atoms with E-state index in [0.29, 0.717) is 44.0 Å². The average Bonchev–Trinajstić information content (AvgIpc) is 2.80. The number of carbonyl (C=O) groups is 1. The summed E-state index contributed by atoms with van der Waals surface area (Å²) in [5.41, 5.74) is 1.14. The van der Waals surface area contributed by atoms with Crippen molar-refractivity contribution in [3.05, 3.63) is 64.1 Å². The minimum Gasteiger partial charge on any atom is -0.379 e. The van der Waals surface area contributed by atoms with Gasteiger partial charge in [0.2, 0.25) is 5.91 Å². The van der Waals surface area contributed by atoms with Crippen molar-refractivity contribution in [3.63, 3.8) is 0 Å². The van der Waals surface area contributed by atoms with Gasteiger partial charge in [0, 0.05) is 30.8 Å². The summed E-state index contributed by atoms with van der Waals surface area (Å²) in [5, 5.41) is 0. The van der Waals surface area contributed by atoms with E-state index < -0.39 is 0 Å². The first-order chi connectivity index (χ1) is 12.1. The Bertz CT molecular complexity index is 793. The number of nitrogens with one attached hydrogen (secondary N) is 1. The molecule has 1 aromatic carbocycles. The highest BCUT2D eigenvalue weighted by Crippen LogP contribution is 2.14. The molecule has 0 bridgehead atoms. The first-order valence-electron chi connectivity index (χ1n) is 8.24. The molecule has 0 unspecified atom stereocenters. The minimum atomic E-state index is -0.345. The second-order valence-corrected chi connectivity index (χ2v) is 6.19. The lowest BCUT2D eigenvalue weighted by Crippen LogP contribution is -2.37. The highest BCUT2D eigenvalue weighted by Gasteiger charge is 2.23. The molecular weight excluding hydrogens is 325 g/mol. The predicted molar refractivity (Wildman–Crippen MR) is 89.6 cm³/mol. The summed E-state index contributed by atoms with van der Waals surface area (Å²) < 4.78 is 18.9. The van der Waals surface area contributed by atoms with Gasteiger partial charge in [-0.3, -0.25) is 9.59 Å². The van der Waals surface area contributed by atoms with Crippen LogP contribution in [0.2, 0.25) is 0 Å².